The number of nitrogens with zero attached hydrogens (tertiary/aromatic N) is 6. The second-order valence-electron chi connectivity index (χ2n) is 11.0. The predicted octanol–water partition coefficient (Wildman–Crippen LogP) is 5.45. The van der Waals surface area contributed by atoms with Crippen molar-refractivity contribution in [2.24, 2.45) is 14.1 Å². The first kappa shape index (κ1) is 28.1. The molecule has 0 aliphatic heterocycles. The third-order valence-electron chi connectivity index (χ3n) is 8.05. The highest BCUT2D eigenvalue weighted by molar-refractivity contribution is 7.89. The van der Waals surface area contributed by atoms with Crippen molar-refractivity contribution in [2.45, 2.75) is 75.6 Å². The van der Waals surface area contributed by atoms with E-state index in [1.54, 1.807) is 28.4 Å². The maximum atomic E-state index is 13.9. The molecule has 9 heteroatoms. The van der Waals surface area contributed by atoms with Crippen LogP contribution in [0, 0.1) is 6.92 Å². The fourth-order valence-corrected chi connectivity index (χ4v) is 7.40. The molecule has 0 radical (unpaired) electrons. The molecule has 0 unspecified atom stereocenters. The zero-order chi connectivity index (χ0) is 28.1. The van der Waals surface area contributed by atoms with Crippen LogP contribution in [0.5, 0.6) is 0 Å². The van der Waals surface area contributed by atoms with Gasteiger partial charge in [-0.15, -0.1) is 0 Å². The van der Waals surface area contributed by atoms with Crippen LogP contribution in [-0.4, -0.2) is 43.9 Å². The fraction of sp³-hybridized carbons (Fsp3) is 0.419. The summed E-state index contributed by atoms with van der Waals surface area (Å²) in [4.78, 5) is 11.1. The van der Waals surface area contributed by atoms with E-state index in [1.807, 2.05) is 49.9 Å². The molecule has 0 spiro atoms. The topological polar surface area (TPSA) is 76.3 Å². The summed E-state index contributed by atoms with van der Waals surface area (Å²) in [5.41, 5.74) is 4.63. The second kappa shape index (κ2) is 12.4. The average molecular weight is 561 g/mol. The van der Waals surface area contributed by atoms with Crippen LogP contribution in [0.4, 0.5) is 5.69 Å². The smallest absolute Gasteiger partial charge is 0.262 e. The molecule has 0 saturated heterocycles. The molecule has 2 heterocycles. The molecule has 0 atom stereocenters. The number of hydrogen-bond acceptors (Lipinski definition) is 5. The van der Waals surface area contributed by atoms with Gasteiger partial charge in [-0.1, -0.05) is 48.0 Å². The molecule has 5 rings (SSSR count). The van der Waals surface area contributed by atoms with Gasteiger partial charge in [0.25, 0.3) is 10.0 Å². The Morgan fingerprint density at radius 1 is 0.875 bits per heavy atom. The highest BCUT2D eigenvalue weighted by atomic mass is 32.2. The highest BCUT2D eigenvalue weighted by Gasteiger charge is 2.34. The van der Waals surface area contributed by atoms with Crippen molar-refractivity contribution < 1.29 is 8.42 Å². The first-order valence-corrected chi connectivity index (χ1v) is 15.6. The van der Waals surface area contributed by atoms with E-state index in [2.05, 4.69) is 50.6 Å². The highest BCUT2D eigenvalue weighted by Crippen LogP contribution is 2.32. The van der Waals surface area contributed by atoms with Crippen LogP contribution in [-0.2, 0) is 37.2 Å². The number of benzene rings is 2. The molecule has 8 nitrogen and oxygen atoms in total. The van der Waals surface area contributed by atoms with Crippen LogP contribution in [0.3, 0.4) is 0 Å². The van der Waals surface area contributed by atoms with Crippen LogP contribution in [0.15, 0.2) is 84.7 Å². The zero-order valence-corrected chi connectivity index (χ0v) is 24.5. The van der Waals surface area contributed by atoms with Gasteiger partial charge in [0.2, 0.25) is 0 Å². The van der Waals surface area contributed by atoms with Gasteiger partial charge < -0.3 is 14.0 Å². The maximum Gasteiger partial charge on any atom is 0.262 e. The quantitative estimate of drug-likeness (QED) is 0.272. The van der Waals surface area contributed by atoms with Gasteiger partial charge in [0, 0.05) is 50.8 Å². The van der Waals surface area contributed by atoms with Crippen molar-refractivity contribution in [3.63, 3.8) is 0 Å². The molecule has 2 aromatic heterocycles. The molecule has 0 amide bonds. The predicted molar refractivity (Wildman–Crippen MR) is 158 cm³/mol. The summed E-state index contributed by atoms with van der Waals surface area (Å²) in [6, 6.07) is 19.0. The standard InChI is InChI=1S/C31H40N6O2S/c1-25-15-17-28(18-16-25)36(21-30-19-32-23-35(30)3)27-11-7-13-29(14-8-12-27)37(20-26-9-5-4-6-10-26)40(38,39)31-22-34(2)24-33-31/h4-6,9-10,15-19,22-24,27,29H,7-8,11-14,20-21H2,1-3H3. The fourth-order valence-electron chi connectivity index (χ4n) is 5.76. The first-order valence-electron chi connectivity index (χ1n) is 14.1. The van der Waals surface area contributed by atoms with Gasteiger partial charge in [-0.25, -0.2) is 18.4 Å². The molecule has 1 aliphatic rings. The lowest BCUT2D eigenvalue weighted by Crippen LogP contribution is -2.42. The SMILES string of the molecule is Cc1ccc(N(Cc2cncn2C)C2CCCC(N(Cc3ccccc3)S(=O)(=O)c3cn(C)cn3)CCC2)cc1. The van der Waals surface area contributed by atoms with Crippen LogP contribution in [0.2, 0.25) is 0 Å². The molecule has 40 heavy (non-hydrogen) atoms. The Bertz CT molecular complexity index is 1470. The van der Waals surface area contributed by atoms with E-state index in [0.717, 1.165) is 50.6 Å². The summed E-state index contributed by atoms with van der Waals surface area (Å²) >= 11 is 0. The number of anilines is 1. The van der Waals surface area contributed by atoms with E-state index in [-0.39, 0.29) is 11.1 Å². The number of aromatic nitrogens is 4. The van der Waals surface area contributed by atoms with Crippen molar-refractivity contribution >= 4 is 15.7 Å². The van der Waals surface area contributed by atoms with Gasteiger partial charge in [0.1, 0.15) is 0 Å². The molecule has 212 valence electrons. The Labute approximate surface area is 238 Å². The zero-order valence-electron chi connectivity index (χ0n) is 23.7. The van der Waals surface area contributed by atoms with Gasteiger partial charge in [-0.05, 0) is 63.1 Å². The lowest BCUT2D eigenvalue weighted by molar-refractivity contribution is 0.252. The summed E-state index contributed by atoms with van der Waals surface area (Å²) in [7, 11) is 0.103. The van der Waals surface area contributed by atoms with Gasteiger partial charge in [-0.3, -0.25) is 0 Å². The second-order valence-corrected chi connectivity index (χ2v) is 12.9. The molecular weight excluding hydrogens is 520 g/mol. The van der Waals surface area contributed by atoms with E-state index in [0.29, 0.717) is 12.6 Å². The molecule has 1 fully saturated rings. The number of aryl methyl sites for hydroxylation is 3. The Morgan fingerprint density at radius 2 is 1.55 bits per heavy atom. The molecule has 4 aromatic rings. The van der Waals surface area contributed by atoms with Crippen LogP contribution in [0.25, 0.3) is 0 Å². The van der Waals surface area contributed by atoms with Gasteiger partial charge in [0.15, 0.2) is 5.03 Å². The van der Waals surface area contributed by atoms with Crippen molar-refractivity contribution in [3.05, 3.63) is 96.5 Å². The monoisotopic (exact) mass is 560 g/mol. The Morgan fingerprint density at radius 3 is 2.15 bits per heavy atom. The van der Waals surface area contributed by atoms with Crippen LogP contribution >= 0.6 is 0 Å². The van der Waals surface area contributed by atoms with E-state index >= 15 is 0 Å². The number of hydrogen-bond donors (Lipinski definition) is 0. The Hall–Kier alpha value is -3.43. The minimum Gasteiger partial charge on any atom is -0.363 e. The van der Waals surface area contributed by atoms with Gasteiger partial charge in [-0.2, -0.15) is 4.31 Å². The molecule has 1 aliphatic carbocycles. The van der Waals surface area contributed by atoms with Crippen LogP contribution < -0.4 is 4.90 Å². The van der Waals surface area contributed by atoms with Crippen molar-refractivity contribution in [1.29, 1.82) is 0 Å². The molecule has 0 bridgehead atoms. The van der Waals surface area contributed by atoms with Crippen molar-refractivity contribution in [2.75, 3.05) is 4.90 Å². The maximum absolute atomic E-state index is 13.9. The summed E-state index contributed by atoms with van der Waals surface area (Å²) < 4.78 is 33.2. The normalized spacial score (nSPS) is 18.4. The lowest BCUT2D eigenvalue weighted by atomic mass is 9.92. The van der Waals surface area contributed by atoms with E-state index in [4.69, 9.17) is 0 Å². The van der Waals surface area contributed by atoms with E-state index in [9.17, 15) is 8.42 Å². The molecule has 0 N–H and O–H groups in total. The lowest BCUT2D eigenvalue weighted by Gasteiger charge is -2.38. The minimum atomic E-state index is -3.74. The van der Waals surface area contributed by atoms with E-state index in [1.165, 1.54) is 16.9 Å². The number of rotatable bonds is 9. The average Bonchev–Trinajstić information content (AvgIpc) is 3.56. The summed E-state index contributed by atoms with van der Waals surface area (Å²) in [5.74, 6) is 0. The minimum absolute atomic E-state index is 0.0712. The number of sulfonamides is 1. The van der Waals surface area contributed by atoms with E-state index < -0.39 is 10.0 Å². The molecular formula is C31H40N6O2S. The summed E-state index contributed by atoms with van der Waals surface area (Å²) in [6.07, 6.45) is 12.5. The third kappa shape index (κ3) is 6.47. The van der Waals surface area contributed by atoms with Crippen molar-refractivity contribution in [1.82, 2.24) is 23.4 Å². The largest absolute Gasteiger partial charge is 0.363 e. The Balaban J connectivity index is 1.36. The first-order chi connectivity index (χ1) is 19.3. The van der Waals surface area contributed by atoms with Gasteiger partial charge in [0.05, 0.1) is 24.9 Å². The molecule has 1 saturated carbocycles. The summed E-state index contributed by atoms with van der Waals surface area (Å²) in [5, 5.41) is 0.118. The number of imidazole rings is 2. The van der Waals surface area contributed by atoms with Gasteiger partial charge >= 0.3 is 0 Å². The van der Waals surface area contributed by atoms with Crippen LogP contribution in [0.1, 0.15) is 55.3 Å². The third-order valence-corrected chi connectivity index (χ3v) is 9.83. The summed E-state index contributed by atoms with van der Waals surface area (Å²) in [6.45, 7) is 3.26. The Kier molecular flexibility index (Phi) is 8.71. The van der Waals surface area contributed by atoms with Crippen molar-refractivity contribution in [3.8, 4) is 0 Å². The molecule has 2 aromatic carbocycles.